The molecule has 3 rings (SSSR count). The van der Waals surface area contributed by atoms with Gasteiger partial charge in [0.1, 0.15) is 10.8 Å². The smallest absolute Gasteiger partial charge is 0.236 e. The van der Waals surface area contributed by atoms with E-state index in [1.165, 1.54) is 11.3 Å². The van der Waals surface area contributed by atoms with Crippen molar-refractivity contribution in [1.82, 2.24) is 10.2 Å². The molecule has 1 aromatic carbocycles. The van der Waals surface area contributed by atoms with E-state index in [1.54, 1.807) is 7.11 Å². The van der Waals surface area contributed by atoms with Gasteiger partial charge in [0, 0.05) is 12.0 Å². The number of carbonyl (C=O) groups is 1. The first-order valence-corrected chi connectivity index (χ1v) is 8.78. The Bertz CT molecular complexity index is 695. The Morgan fingerprint density at radius 2 is 2.13 bits per heavy atom. The summed E-state index contributed by atoms with van der Waals surface area (Å²) in [6.45, 7) is 2.10. The number of rotatable bonds is 6. The molecule has 0 unspecified atom stereocenters. The molecule has 0 bridgehead atoms. The van der Waals surface area contributed by atoms with Crippen LogP contribution in [0.5, 0.6) is 5.75 Å². The van der Waals surface area contributed by atoms with Crippen LogP contribution in [-0.2, 0) is 16.6 Å². The van der Waals surface area contributed by atoms with Gasteiger partial charge in [-0.25, -0.2) is 0 Å². The Hall–Kier alpha value is -1.95. The molecule has 1 aliphatic rings. The number of methoxy groups -OCH3 is 1. The lowest BCUT2D eigenvalue weighted by molar-refractivity contribution is -0.124. The predicted octanol–water partition coefficient (Wildman–Crippen LogP) is 3.56. The molecule has 0 radical (unpaired) electrons. The van der Waals surface area contributed by atoms with Crippen LogP contribution in [0.25, 0.3) is 0 Å². The van der Waals surface area contributed by atoms with Crippen LogP contribution in [0.3, 0.4) is 0 Å². The van der Waals surface area contributed by atoms with Gasteiger partial charge in [-0.2, -0.15) is 0 Å². The Kier molecular flexibility index (Phi) is 4.61. The van der Waals surface area contributed by atoms with Crippen molar-refractivity contribution in [1.29, 1.82) is 0 Å². The quantitative estimate of drug-likeness (QED) is 0.879. The van der Waals surface area contributed by atoms with Gasteiger partial charge in [-0.15, -0.1) is 10.2 Å². The lowest BCUT2D eigenvalue weighted by atomic mass is 9.63. The summed E-state index contributed by atoms with van der Waals surface area (Å²) in [6.07, 6.45) is 4.63. The van der Waals surface area contributed by atoms with Crippen LogP contribution in [0.2, 0.25) is 0 Å². The average Bonchev–Trinajstić information content (AvgIpc) is 2.94. The summed E-state index contributed by atoms with van der Waals surface area (Å²) in [4.78, 5) is 12.9. The number of amides is 1. The molecule has 23 heavy (non-hydrogen) atoms. The van der Waals surface area contributed by atoms with E-state index < -0.39 is 5.41 Å². The first kappa shape index (κ1) is 15.9. The van der Waals surface area contributed by atoms with Gasteiger partial charge in [-0.1, -0.05) is 42.9 Å². The van der Waals surface area contributed by atoms with Crippen molar-refractivity contribution in [2.24, 2.45) is 0 Å². The molecule has 6 heteroatoms. The van der Waals surface area contributed by atoms with Crippen LogP contribution in [-0.4, -0.2) is 23.2 Å². The summed E-state index contributed by atoms with van der Waals surface area (Å²) >= 11 is 1.46. The largest absolute Gasteiger partial charge is 0.496 e. The number of carbonyl (C=O) groups excluding carboxylic acids is 1. The first-order valence-electron chi connectivity index (χ1n) is 7.97. The molecule has 1 heterocycles. The summed E-state index contributed by atoms with van der Waals surface area (Å²) < 4.78 is 5.46. The van der Waals surface area contributed by atoms with Crippen molar-refractivity contribution in [2.45, 2.75) is 44.4 Å². The molecule has 1 saturated carbocycles. The fourth-order valence-electron chi connectivity index (χ4n) is 3.02. The van der Waals surface area contributed by atoms with Gasteiger partial charge >= 0.3 is 0 Å². The van der Waals surface area contributed by atoms with E-state index in [-0.39, 0.29) is 5.91 Å². The monoisotopic (exact) mass is 331 g/mol. The normalized spacial score (nSPS) is 15.7. The minimum Gasteiger partial charge on any atom is -0.496 e. The third-order valence-electron chi connectivity index (χ3n) is 4.42. The highest BCUT2D eigenvalue weighted by Crippen LogP contribution is 2.47. The molecule has 0 spiro atoms. The molecule has 1 amide bonds. The lowest BCUT2D eigenvalue weighted by Gasteiger charge is -2.41. The zero-order valence-electron chi connectivity index (χ0n) is 13.5. The number of anilines is 1. The molecule has 5 nitrogen and oxygen atoms in total. The van der Waals surface area contributed by atoms with E-state index in [0.29, 0.717) is 5.13 Å². The van der Waals surface area contributed by atoms with Crippen molar-refractivity contribution in [3.8, 4) is 5.75 Å². The number of nitrogens with one attached hydrogen (secondary N) is 1. The standard InChI is InChI=1S/C17H21N3O2S/c1-3-7-14-19-20-16(23-14)18-15(21)17(10-6-11-17)12-8-4-5-9-13(12)22-2/h4-5,8-9H,3,6-7,10-11H2,1-2H3,(H,18,20,21). The van der Waals surface area contributed by atoms with E-state index in [1.807, 2.05) is 24.3 Å². The first-order chi connectivity index (χ1) is 11.2. The summed E-state index contributed by atoms with van der Waals surface area (Å²) in [7, 11) is 1.64. The number of hydrogen-bond donors (Lipinski definition) is 1. The number of aryl methyl sites for hydroxylation is 1. The highest BCUT2D eigenvalue weighted by atomic mass is 32.1. The van der Waals surface area contributed by atoms with Gasteiger partial charge in [0.2, 0.25) is 11.0 Å². The van der Waals surface area contributed by atoms with Crippen LogP contribution in [0.15, 0.2) is 24.3 Å². The molecular formula is C17H21N3O2S. The van der Waals surface area contributed by atoms with Crippen molar-refractivity contribution < 1.29 is 9.53 Å². The van der Waals surface area contributed by atoms with Crippen molar-refractivity contribution in [3.05, 3.63) is 34.8 Å². The molecule has 0 saturated heterocycles. The van der Waals surface area contributed by atoms with Gasteiger partial charge in [0.25, 0.3) is 0 Å². The van der Waals surface area contributed by atoms with Crippen LogP contribution in [0.1, 0.15) is 43.2 Å². The van der Waals surface area contributed by atoms with Crippen LogP contribution >= 0.6 is 11.3 Å². The maximum atomic E-state index is 12.9. The summed E-state index contributed by atoms with van der Waals surface area (Å²) in [5, 5.41) is 12.7. The number of para-hydroxylation sites is 1. The number of benzene rings is 1. The summed E-state index contributed by atoms with van der Waals surface area (Å²) in [6, 6.07) is 7.77. The Labute approximate surface area is 140 Å². The van der Waals surface area contributed by atoms with Gasteiger partial charge < -0.3 is 4.74 Å². The van der Waals surface area contributed by atoms with Crippen LogP contribution < -0.4 is 10.1 Å². The molecule has 0 aliphatic heterocycles. The van der Waals surface area contributed by atoms with Gasteiger partial charge in [-0.3, -0.25) is 10.1 Å². The molecule has 2 aromatic rings. The van der Waals surface area contributed by atoms with Crippen LogP contribution in [0, 0.1) is 0 Å². The lowest BCUT2D eigenvalue weighted by Crippen LogP contribution is -2.46. The Morgan fingerprint density at radius 3 is 2.78 bits per heavy atom. The Balaban J connectivity index is 1.83. The second-order valence-corrected chi connectivity index (χ2v) is 6.90. The highest BCUT2D eigenvalue weighted by molar-refractivity contribution is 7.15. The SMILES string of the molecule is CCCc1nnc(NC(=O)C2(c3ccccc3OC)CCC2)s1. The molecule has 1 aliphatic carbocycles. The fourth-order valence-corrected chi connectivity index (χ4v) is 3.86. The van der Waals surface area contributed by atoms with Gasteiger partial charge in [-0.05, 0) is 25.3 Å². The fraction of sp³-hybridized carbons (Fsp3) is 0.471. The van der Waals surface area contributed by atoms with E-state index >= 15 is 0 Å². The second kappa shape index (κ2) is 6.66. The minimum atomic E-state index is -0.511. The number of ether oxygens (including phenoxy) is 1. The number of aromatic nitrogens is 2. The second-order valence-electron chi connectivity index (χ2n) is 5.84. The minimum absolute atomic E-state index is 0.00699. The Morgan fingerprint density at radius 1 is 1.35 bits per heavy atom. The summed E-state index contributed by atoms with van der Waals surface area (Å²) in [5.41, 5.74) is 0.452. The third kappa shape index (κ3) is 2.95. The molecule has 0 atom stereocenters. The van der Waals surface area contributed by atoms with Crippen molar-refractivity contribution >= 4 is 22.4 Å². The zero-order chi connectivity index (χ0) is 16.3. The van der Waals surface area contributed by atoms with E-state index in [4.69, 9.17) is 4.74 Å². The van der Waals surface area contributed by atoms with Gasteiger partial charge in [0.05, 0.1) is 12.5 Å². The van der Waals surface area contributed by atoms with Crippen molar-refractivity contribution in [3.63, 3.8) is 0 Å². The summed E-state index contributed by atoms with van der Waals surface area (Å²) in [5.74, 6) is 0.763. The van der Waals surface area contributed by atoms with E-state index in [2.05, 4.69) is 22.4 Å². The molecule has 1 N–H and O–H groups in total. The van der Waals surface area contributed by atoms with E-state index in [9.17, 15) is 4.79 Å². The maximum absolute atomic E-state index is 12.9. The predicted molar refractivity (Wildman–Crippen MR) is 91.1 cm³/mol. The topological polar surface area (TPSA) is 64.1 Å². The average molecular weight is 331 g/mol. The highest BCUT2D eigenvalue weighted by Gasteiger charge is 2.47. The molecular weight excluding hydrogens is 310 g/mol. The molecule has 122 valence electrons. The molecule has 1 fully saturated rings. The number of hydrogen-bond acceptors (Lipinski definition) is 5. The van der Waals surface area contributed by atoms with Crippen molar-refractivity contribution in [2.75, 3.05) is 12.4 Å². The molecule has 1 aromatic heterocycles. The zero-order valence-corrected chi connectivity index (χ0v) is 14.3. The third-order valence-corrected chi connectivity index (χ3v) is 5.31. The van der Waals surface area contributed by atoms with Crippen LogP contribution in [0.4, 0.5) is 5.13 Å². The number of nitrogens with zero attached hydrogens (tertiary/aromatic N) is 2. The maximum Gasteiger partial charge on any atom is 0.236 e. The van der Waals surface area contributed by atoms with E-state index in [0.717, 1.165) is 48.4 Å². The van der Waals surface area contributed by atoms with Gasteiger partial charge in [0.15, 0.2) is 0 Å².